The summed E-state index contributed by atoms with van der Waals surface area (Å²) in [5.41, 5.74) is 1.32. The van der Waals surface area contributed by atoms with Gasteiger partial charge in [0.1, 0.15) is 11.5 Å². The van der Waals surface area contributed by atoms with Gasteiger partial charge in [0.25, 0.3) is 5.69 Å². The summed E-state index contributed by atoms with van der Waals surface area (Å²) in [6, 6.07) is 2.11. The second kappa shape index (κ2) is 6.02. The first kappa shape index (κ1) is 13.8. The van der Waals surface area contributed by atoms with E-state index in [-0.39, 0.29) is 16.4 Å². The minimum absolute atomic E-state index is 0.172. The van der Waals surface area contributed by atoms with Crippen LogP contribution in [-0.4, -0.2) is 11.5 Å². The number of halogens is 2. The molecular formula is C13H14ClFN2O2. The van der Waals surface area contributed by atoms with E-state index in [9.17, 15) is 14.5 Å². The van der Waals surface area contributed by atoms with Gasteiger partial charge in [-0.1, -0.05) is 23.3 Å². The second-order valence-corrected chi connectivity index (χ2v) is 4.88. The van der Waals surface area contributed by atoms with Gasteiger partial charge in [-0.2, -0.15) is 0 Å². The van der Waals surface area contributed by atoms with Crippen LogP contribution in [0, 0.1) is 15.9 Å². The maximum absolute atomic E-state index is 13.3. The van der Waals surface area contributed by atoms with Crippen molar-refractivity contribution in [1.82, 2.24) is 0 Å². The van der Waals surface area contributed by atoms with Crippen molar-refractivity contribution in [2.24, 2.45) is 0 Å². The molecule has 2 rings (SSSR count). The first-order chi connectivity index (χ1) is 9.08. The third-order valence-corrected chi connectivity index (χ3v) is 3.42. The summed E-state index contributed by atoms with van der Waals surface area (Å²) >= 11 is 5.55. The third kappa shape index (κ3) is 3.44. The summed E-state index contributed by atoms with van der Waals surface area (Å²) in [7, 11) is 0. The molecule has 0 bridgehead atoms. The Hall–Kier alpha value is -1.62. The fraction of sp³-hybridized carbons (Fsp3) is 0.385. The Morgan fingerprint density at radius 1 is 1.47 bits per heavy atom. The van der Waals surface area contributed by atoms with Gasteiger partial charge in [-0.05, 0) is 25.7 Å². The number of nitro benzene ring substituents is 1. The zero-order valence-electron chi connectivity index (χ0n) is 10.3. The van der Waals surface area contributed by atoms with E-state index in [4.69, 9.17) is 11.6 Å². The van der Waals surface area contributed by atoms with E-state index >= 15 is 0 Å². The molecule has 1 aliphatic carbocycles. The van der Waals surface area contributed by atoms with Gasteiger partial charge in [-0.3, -0.25) is 10.1 Å². The molecule has 1 aliphatic rings. The Kier molecular flexibility index (Phi) is 4.37. The molecule has 102 valence electrons. The SMILES string of the molecule is O=[N+]([O-])c1cc(Cl)c(F)cc1NCCC1=CCCC1. The second-order valence-electron chi connectivity index (χ2n) is 4.47. The van der Waals surface area contributed by atoms with Crippen LogP contribution in [-0.2, 0) is 0 Å². The smallest absolute Gasteiger partial charge is 0.294 e. The lowest BCUT2D eigenvalue weighted by Gasteiger charge is -2.08. The molecule has 0 aromatic heterocycles. The van der Waals surface area contributed by atoms with Gasteiger partial charge in [0.15, 0.2) is 0 Å². The van der Waals surface area contributed by atoms with Crippen LogP contribution in [0.5, 0.6) is 0 Å². The molecule has 6 heteroatoms. The number of hydrogen-bond acceptors (Lipinski definition) is 3. The molecule has 4 nitrogen and oxygen atoms in total. The molecule has 0 radical (unpaired) electrons. The Balaban J connectivity index is 2.05. The molecule has 0 heterocycles. The Bertz CT molecular complexity index is 532. The molecule has 0 amide bonds. The van der Waals surface area contributed by atoms with Crippen LogP contribution in [0.15, 0.2) is 23.8 Å². The molecular weight excluding hydrogens is 271 g/mol. The molecule has 0 atom stereocenters. The van der Waals surface area contributed by atoms with Gasteiger partial charge in [0.05, 0.1) is 9.95 Å². The van der Waals surface area contributed by atoms with Crippen LogP contribution >= 0.6 is 11.6 Å². The van der Waals surface area contributed by atoms with E-state index in [0.717, 1.165) is 31.4 Å². The summed E-state index contributed by atoms with van der Waals surface area (Å²) in [5, 5.41) is 13.5. The Labute approximate surface area is 115 Å². The van der Waals surface area contributed by atoms with Crippen LogP contribution in [0.25, 0.3) is 0 Å². The zero-order chi connectivity index (χ0) is 13.8. The first-order valence-electron chi connectivity index (χ1n) is 6.13. The monoisotopic (exact) mass is 284 g/mol. The van der Waals surface area contributed by atoms with Crippen molar-refractivity contribution in [2.45, 2.75) is 25.7 Å². The average Bonchev–Trinajstić information content (AvgIpc) is 2.86. The summed E-state index contributed by atoms with van der Waals surface area (Å²) in [4.78, 5) is 10.3. The maximum Gasteiger partial charge on any atom is 0.294 e. The van der Waals surface area contributed by atoms with Crippen molar-refractivity contribution in [3.05, 3.63) is 44.7 Å². The fourth-order valence-electron chi connectivity index (χ4n) is 2.15. The molecule has 0 saturated carbocycles. The van der Waals surface area contributed by atoms with Crippen LogP contribution in [0.1, 0.15) is 25.7 Å². The standard InChI is InChI=1S/C13H14ClFN2O2/c14-10-7-13(17(18)19)12(8-11(10)15)16-6-5-9-3-1-2-4-9/h3,7-8,16H,1-2,4-6H2. The molecule has 1 aromatic carbocycles. The van der Waals surface area contributed by atoms with Crippen molar-refractivity contribution >= 4 is 23.0 Å². The van der Waals surface area contributed by atoms with Crippen LogP contribution in [0.3, 0.4) is 0 Å². The third-order valence-electron chi connectivity index (χ3n) is 3.13. The highest BCUT2D eigenvalue weighted by Crippen LogP contribution is 2.30. The maximum atomic E-state index is 13.3. The van der Waals surface area contributed by atoms with Crippen LogP contribution < -0.4 is 5.32 Å². The minimum Gasteiger partial charge on any atom is -0.379 e. The highest BCUT2D eigenvalue weighted by molar-refractivity contribution is 6.31. The molecule has 0 fully saturated rings. The average molecular weight is 285 g/mol. The van der Waals surface area contributed by atoms with Crippen LogP contribution in [0.2, 0.25) is 5.02 Å². The van der Waals surface area contributed by atoms with E-state index < -0.39 is 10.7 Å². The van der Waals surface area contributed by atoms with Gasteiger partial charge < -0.3 is 5.32 Å². The number of allylic oxidation sites excluding steroid dienone is 1. The number of nitrogens with one attached hydrogen (secondary N) is 1. The van der Waals surface area contributed by atoms with Gasteiger partial charge in [0.2, 0.25) is 0 Å². The van der Waals surface area contributed by atoms with E-state index in [2.05, 4.69) is 11.4 Å². The lowest BCUT2D eigenvalue weighted by Crippen LogP contribution is -2.05. The normalized spacial score (nSPS) is 14.3. The van der Waals surface area contributed by atoms with Crippen LogP contribution in [0.4, 0.5) is 15.8 Å². The number of hydrogen-bond donors (Lipinski definition) is 1. The van der Waals surface area contributed by atoms with Crippen molar-refractivity contribution in [3.63, 3.8) is 0 Å². The highest BCUT2D eigenvalue weighted by Gasteiger charge is 2.17. The number of nitro groups is 1. The number of nitrogens with zero attached hydrogens (tertiary/aromatic N) is 1. The van der Waals surface area contributed by atoms with Crippen molar-refractivity contribution in [3.8, 4) is 0 Å². The number of anilines is 1. The molecule has 0 saturated heterocycles. The van der Waals surface area contributed by atoms with Crippen molar-refractivity contribution in [2.75, 3.05) is 11.9 Å². The lowest BCUT2D eigenvalue weighted by molar-refractivity contribution is -0.384. The van der Waals surface area contributed by atoms with Gasteiger partial charge in [-0.25, -0.2) is 4.39 Å². The first-order valence-corrected chi connectivity index (χ1v) is 6.51. The number of rotatable bonds is 5. The van der Waals surface area contributed by atoms with E-state index in [1.165, 1.54) is 12.0 Å². The van der Waals surface area contributed by atoms with E-state index in [1.54, 1.807) is 0 Å². The number of benzene rings is 1. The van der Waals surface area contributed by atoms with E-state index in [0.29, 0.717) is 6.54 Å². The summed E-state index contributed by atoms with van der Waals surface area (Å²) in [5.74, 6) is -0.658. The summed E-state index contributed by atoms with van der Waals surface area (Å²) in [6.07, 6.45) is 6.37. The Morgan fingerprint density at radius 2 is 2.26 bits per heavy atom. The van der Waals surface area contributed by atoms with Crippen molar-refractivity contribution < 1.29 is 9.31 Å². The minimum atomic E-state index is -0.658. The highest BCUT2D eigenvalue weighted by atomic mass is 35.5. The molecule has 1 N–H and O–H groups in total. The lowest BCUT2D eigenvalue weighted by atomic mass is 10.1. The fourth-order valence-corrected chi connectivity index (χ4v) is 2.31. The Morgan fingerprint density at radius 3 is 2.89 bits per heavy atom. The largest absolute Gasteiger partial charge is 0.379 e. The van der Waals surface area contributed by atoms with Gasteiger partial charge in [0, 0.05) is 18.7 Å². The molecule has 1 aromatic rings. The zero-order valence-corrected chi connectivity index (χ0v) is 11.0. The summed E-state index contributed by atoms with van der Waals surface area (Å²) < 4.78 is 13.3. The predicted molar refractivity (Wildman–Crippen MR) is 73.1 cm³/mol. The molecule has 19 heavy (non-hydrogen) atoms. The van der Waals surface area contributed by atoms with E-state index in [1.807, 2.05) is 0 Å². The molecule has 0 spiro atoms. The molecule has 0 unspecified atom stereocenters. The predicted octanol–water partition coefficient (Wildman–Crippen LogP) is 4.30. The van der Waals surface area contributed by atoms with Gasteiger partial charge in [-0.15, -0.1) is 0 Å². The van der Waals surface area contributed by atoms with Gasteiger partial charge >= 0.3 is 0 Å². The van der Waals surface area contributed by atoms with Crippen molar-refractivity contribution in [1.29, 1.82) is 0 Å². The molecule has 0 aliphatic heterocycles. The topological polar surface area (TPSA) is 55.2 Å². The summed E-state index contributed by atoms with van der Waals surface area (Å²) in [6.45, 7) is 0.549. The quantitative estimate of drug-likeness (QED) is 0.498.